The summed E-state index contributed by atoms with van der Waals surface area (Å²) >= 11 is 6.11. The second kappa shape index (κ2) is 6.56. The monoisotopic (exact) mass is 300 g/mol. The number of morpholine rings is 1. The Morgan fingerprint density at radius 1 is 1.50 bits per heavy atom. The van der Waals surface area contributed by atoms with Gasteiger partial charge in [-0.3, -0.25) is 14.4 Å². The number of nitrogens with one attached hydrogen (secondary N) is 1. The Hall–Kier alpha value is -1.11. The lowest BCUT2D eigenvalue weighted by atomic mass is 10.2. The molecule has 1 aliphatic heterocycles. The van der Waals surface area contributed by atoms with Crippen molar-refractivity contribution in [3.8, 4) is 0 Å². The van der Waals surface area contributed by atoms with Gasteiger partial charge in [-0.1, -0.05) is 11.6 Å². The van der Waals surface area contributed by atoms with Crippen LogP contribution in [0.25, 0.3) is 0 Å². The maximum absolute atomic E-state index is 12.2. The zero-order chi connectivity index (χ0) is 14.7. The molecule has 1 aliphatic rings. The molecule has 1 atom stereocenters. The molecule has 20 heavy (non-hydrogen) atoms. The van der Waals surface area contributed by atoms with Crippen LogP contribution in [0.15, 0.2) is 0 Å². The van der Waals surface area contributed by atoms with Crippen LogP contribution in [0.5, 0.6) is 0 Å². The van der Waals surface area contributed by atoms with Gasteiger partial charge >= 0.3 is 0 Å². The molecule has 1 fully saturated rings. The number of carbonyl (C=O) groups excluding carboxylic acids is 1. The van der Waals surface area contributed by atoms with E-state index in [4.69, 9.17) is 16.3 Å². The van der Waals surface area contributed by atoms with Crippen LogP contribution in [0.2, 0.25) is 5.02 Å². The lowest BCUT2D eigenvalue weighted by Crippen LogP contribution is -2.46. The standard InChI is InChI=1S/C13H21ClN4O2/c1-9(8-18-4-6-20-7-5-18)15-13(19)12-11(14)10(2)17(3)16-12/h9H,4-8H2,1-3H3,(H,15,19)/t9-/m0/s1. The molecule has 0 bridgehead atoms. The van der Waals surface area contributed by atoms with Crippen LogP contribution >= 0.6 is 11.6 Å². The molecule has 6 nitrogen and oxygen atoms in total. The van der Waals surface area contributed by atoms with Gasteiger partial charge in [0.15, 0.2) is 5.69 Å². The summed E-state index contributed by atoms with van der Waals surface area (Å²) < 4.78 is 6.92. The maximum Gasteiger partial charge on any atom is 0.273 e. The van der Waals surface area contributed by atoms with Gasteiger partial charge in [0, 0.05) is 32.7 Å². The molecule has 0 aromatic carbocycles. The molecule has 0 aliphatic carbocycles. The first-order valence-electron chi connectivity index (χ1n) is 6.79. The molecular formula is C13H21ClN4O2. The fourth-order valence-corrected chi connectivity index (χ4v) is 2.48. The topological polar surface area (TPSA) is 59.4 Å². The lowest BCUT2D eigenvalue weighted by Gasteiger charge is -2.29. The smallest absolute Gasteiger partial charge is 0.273 e. The van der Waals surface area contributed by atoms with Gasteiger partial charge in [-0.2, -0.15) is 5.10 Å². The predicted octanol–water partition coefficient (Wildman–Crippen LogP) is 0.832. The third-order valence-electron chi connectivity index (χ3n) is 3.49. The van der Waals surface area contributed by atoms with Gasteiger partial charge in [0.25, 0.3) is 5.91 Å². The summed E-state index contributed by atoms with van der Waals surface area (Å²) in [5, 5.41) is 7.51. The van der Waals surface area contributed by atoms with Crippen molar-refractivity contribution in [3.05, 3.63) is 16.4 Å². The summed E-state index contributed by atoms with van der Waals surface area (Å²) in [7, 11) is 1.77. The second-order valence-corrected chi connectivity index (χ2v) is 5.54. The molecule has 0 saturated carbocycles. The van der Waals surface area contributed by atoms with Crippen molar-refractivity contribution in [2.75, 3.05) is 32.8 Å². The van der Waals surface area contributed by atoms with Crippen LogP contribution in [0, 0.1) is 6.92 Å². The number of aryl methyl sites for hydroxylation is 1. The van der Waals surface area contributed by atoms with Gasteiger partial charge in [0.05, 0.1) is 23.9 Å². The van der Waals surface area contributed by atoms with Crippen molar-refractivity contribution < 1.29 is 9.53 Å². The number of carbonyl (C=O) groups is 1. The quantitative estimate of drug-likeness (QED) is 0.895. The number of rotatable bonds is 4. The van der Waals surface area contributed by atoms with Crippen LogP contribution in [-0.4, -0.2) is 59.5 Å². The van der Waals surface area contributed by atoms with Crippen molar-refractivity contribution >= 4 is 17.5 Å². The average molecular weight is 301 g/mol. The van der Waals surface area contributed by atoms with Crippen molar-refractivity contribution in [1.29, 1.82) is 0 Å². The van der Waals surface area contributed by atoms with E-state index in [1.54, 1.807) is 11.7 Å². The molecule has 112 valence electrons. The Labute approximate surface area is 124 Å². The average Bonchev–Trinajstić information content (AvgIpc) is 2.67. The van der Waals surface area contributed by atoms with Gasteiger partial charge in [-0.25, -0.2) is 0 Å². The number of ether oxygens (including phenoxy) is 1. The molecular weight excluding hydrogens is 280 g/mol. The van der Waals surface area contributed by atoms with E-state index in [0.29, 0.717) is 10.7 Å². The molecule has 1 saturated heterocycles. The minimum Gasteiger partial charge on any atom is -0.379 e. The summed E-state index contributed by atoms with van der Waals surface area (Å²) in [6, 6.07) is 0.0407. The normalized spacial score (nSPS) is 18.0. The zero-order valence-corrected chi connectivity index (χ0v) is 12.9. The van der Waals surface area contributed by atoms with E-state index in [0.717, 1.165) is 38.5 Å². The van der Waals surface area contributed by atoms with E-state index >= 15 is 0 Å². The predicted molar refractivity (Wildman–Crippen MR) is 77.1 cm³/mol. The highest BCUT2D eigenvalue weighted by Gasteiger charge is 2.21. The first kappa shape index (κ1) is 15.3. The number of nitrogens with zero attached hydrogens (tertiary/aromatic N) is 3. The lowest BCUT2D eigenvalue weighted by molar-refractivity contribution is 0.0342. The summed E-state index contributed by atoms with van der Waals surface area (Å²) in [6.45, 7) is 7.95. The molecule has 2 rings (SSSR count). The van der Waals surface area contributed by atoms with Gasteiger partial charge in [-0.05, 0) is 13.8 Å². The SMILES string of the molecule is Cc1c(Cl)c(C(=O)N[C@@H](C)CN2CCOCC2)nn1C. The van der Waals surface area contributed by atoms with Gasteiger partial charge in [0.1, 0.15) is 0 Å². The van der Waals surface area contributed by atoms with Crippen LogP contribution in [0.1, 0.15) is 23.1 Å². The number of halogens is 1. The van der Waals surface area contributed by atoms with Crippen molar-refractivity contribution in [2.45, 2.75) is 19.9 Å². The first-order chi connectivity index (χ1) is 9.49. The number of hydrogen-bond donors (Lipinski definition) is 1. The van der Waals surface area contributed by atoms with E-state index in [1.807, 2.05) is 13.8 Å². The molecule has 0 unspecified atom stereocenters. The molecule has 0 radical (unpaired) electrons. The van der Waals surface area contributed by atoms with E-state index < -0.39 is 0 Å². The largest absolute Gasteiger partial charge is 0.379 e. The minimum atomic E-state index is -0.223. The van der Waals surface area contributed by atoms with Gasteiger partial charge in [-0.15, -0.1) is 0 Å². The highest BCUT2D eigenvalue weighted by Crippen LogP contribution is 2.19. The van der Waals surface area contributed by atoms with Crippen molar-refractivity contribution in [2.24, 2.45) is 7.05 Å². The third-order valence-corrected chi connectivity index (χ3v) is 3.94. The first-order valence-corrected chi connectivity index (χ1v) is 7.17. The van der Waals surface area contributed by atoms with E-state index in [1.165, 1.54) is 0 Å². The zero-order valence-electron chi connectivity index (χ0n) is 12.1. The molecule has 0 spiro atoms. The molecule has 1 amide bonds. The summed E-state index contributed by atoms with van der Waals surface area (Å²) in [4.78, 5) is 14.4. The van der Waals surface area contributed by atoms with Gasteiger partial charge < -0.3 is 10.1 Å². The third kappa shape index (κ3) is 3.50. The fraction of sp³-hybridized carbons (Fsp3) is 0.692. The molecule has 2 heterocycles. The highest BCUT2D eigenvalue weighted by molar-refractivity contribution is 6.34. The van der Waals surface area contributed by atoms with E-state index in [-0.39, 0.29) is 11.9 Å². The summed E-state index contributed by atoms with van der Waals surface area (Å²) in [5.41, 5.74) is 1.08. The van der Waals surface area contributed by atoms with Crippen LogP contribution in [-0.2, 0) is 11.8 Å². The van der Waals surface area contributed by atoms with Crippen molar-refractivity contribution in [3.63, 3.8) is 0 Å². The Kier molecular flexibility index (Phi) is 5.01. The molecule has 1 N–H and O–H groups in total. The van der Waals surface area contributed by atoms with Crippen LogP contribution in [0.4, 0.5) is 0 Å². The van der Waals surface area contributed by atoms with E-state index in [9.17, 15) is 4.79 Å². The molecule has 1 aromatic rings. The Morgan fingerprint density at radius 3 is 2.70 bits per heavy atom. The summed E-state index contributed by atoms with van der Waals surface area (Å²) in [5.74, 6) is -0.223. The van der Waals surface area contributed by atoms with Gasteiger partial charge in [0.2, 0.25) is 0 Å². The number of amides is 1. The fourth-order valence-electron chi connectivity index (χ4n) is 2.24. The maximum atomic E-state index is 12.2. The Balaban J connectivity index is 1.91. The highest BCUT2D eigenvalue weighted by atomic mass is 35.5. The number of hydrogen-bond acceptors (Lipinski definition) is 4. The Morgan fingerprint density at radius 2 is 2.15 bits per heavy atom. The second-order valence-electron chi connectivity index (χ2n) is 5.16. The molecule has 7 heteroatoms. The minimum absolute atomic E-state index is 0.0407. The van der Waals surface area contributed by atoms with Crippen molar-refractivity contribution in [1.82, 2.24) is 20.0 Å². The molecule has 1 aromatic heterocycles. The van der Waals surface area contributed by atoms with Crippen LogP contribution in [0.3, 0.4) is 0 Å². The Bertz CT molecular complexity index is 483. The van der Waals surface area contributed by atoms with Crippen LogP contribution < -0.4 is 5.32 Å². The number of aromatic nitrogens is 2. The summed E-state index contributed by atoms with van der Waals surface area (Å²) in [6.07, 6.45) is 0. The van der Waals surface area contributed by atoms with E-state index in [2.05, 4.69) is 15.3 Å².